The largest absolute Gasteiger partial charge is 0.456 e. The van der Waals surface area contributed by atoms with Gasteiger partial charge in [-0.3, -0.25) is 0 Å². The van der Waals surface area contributed by atoms with Crippen molar-refractivity contribution in [1.82, 2.24) is 0 Å². The second-order valence-electron chi connectivity index (χ2n) is 16.7. The second kappa shape index (κ2) is 12.9. The summed E-state index contributed by atoms with van der Waals surface area (Å²) in [6.45, 7) is 0. The fourth-order valence-corrected chi connectivity index (χ4v) is 11.8. The molecule has 0 atom stereocenters. The third-order valence-electron chi connectivity index (χ3n) is 13.4. The molecule has 0 aliphatic heterocycles. The van der Waals surface area contributed by atoms with Crippen molar-refractivity contribution in [3.8, 4) is 44.5 Å². The van der Waals surface area contributed by atoms with Gasteiger partial charge < -0.3 is 4.42 Å². The zero-order chi connectivity index (χ0) is 40.5. The Labute approximate surface area is 360 Å². The molecule has 0 amide bonds. The van der Waals surface area contributed by atoms with E-state index >= 15 is 0 Å². The smallest absolute Gasteiger partial charge is 0.135 e. The lowest BCUT2D eigenvalue weighted by atomic mass is 9.79. The lowest BCUT2D eigenvalue weighted by Crippen LogP contribution is -1.96. The van der Waals surface area contributed by atoms with Gasteiger partial charge >= 0.3 is 0 Å². The molecule has 0 aliphatic carbocycles. The van der Waals surface area contributed by atoms with E-state index in [-0.39, 0.29) is 0 Å². The molecule has 2 heteroatoms. The lowest BCUT2D eigenvalue weighted by Gasteiger charge is -2.23. The van der Waals surface area contributed by atoms with E-state index in [1.165, 1.54) is 113 Å². The standard InChI is InChI=1S/C60H34OS/c1-3-19-46-44(17-1)58(51-34-39-14-9-12-35-26-27-36-13-10-23-48(51)57(36)56(35)39)45-18-2-4-20-47(45)60(46)59-40(37-28-30-53-49(32-37)42-15-5-7-24-52(42)61-53)21-11-22-41(59)38-29-31-55-50(33-38)43-16-6-8-25-54(43)62-55/h1-34H. The highest BCUT2D eigenvalue weighted by molar-refractivity contribution is 7.25. The molecule has 0 saturated carbocycles. The maximum absolute atomic E-state index is 6.36. The van der Waals surface area contributed by atoms with Crippen LogP contribution in [0.2, 0.25) is 0 Å². The first kappa shape index (κ1) is 34.0. The molecule has 0 unspecified atom stereocenters. The van der Waals surface area contributed by atoms with Gasteiger partial charge in [-0.2, -0.15) is 0 Å². The van der Waals surface area contributed by atoms with E-state index < -0.39 is 0 Å². The van der Waals surface area contributed by atoms with E-state index in [9.17, 15) is 0 Å². The predicted molar refractivity (Wildman–Crippen MR) is 267 cm³/mol. The molecule has 62 heavy (non-hydrogen) atoms. The Morgan fingerprint density at radius 2 is 0.806 bits per heavy atom. The number of hydrogen-bond acceptors (Lipinski definition) is 2. The van der Waals surface area contributed by atoms with E-state index in [4.69, 9.17) is 4.42 Å². The van der Waals surface area contributed by atoms with Gasteiger partial charge in [0.25, 0.3) is 0 Å². The van der Waals surface area contributed by atoms with Gasteiger partial charge in [-0.05, 0) is 141 Å². The maximum atomic E-state index is 6.36. The van der Waals surface area contributed by atoms with Crippen molar-refractivity contribution in [1.29, 1.82) is 0 Å². The van der Waals surface area contributed by atoms with Crippen molar-refractivity contribution in [3.63, 3.8) is 0 Å². The second-order valence-corrected chi connectivity index (χ2v) is 17.7. The number of benzene rings is 12. The zero-order valence-corrected chi connectivity index (χ0v) is 34.3. The van der Waals surface area contributed by atoms with Gasteiger partial charge in [-0.25, -0.2) is 0 Å². The highest BCUT2D eigenvalue weighted by Gasteiger charge is 2.24. The molecule has 12 aromatic carbocycles. The van der Waals surface area contributed by atoms with E-state index in [0.717, 1.165) is 27.5 Å². The van der Waals surface area contributed by atoms with Crippen molar-refractivity contribution in [3.05, 3.63) is 206 Å². The van der Waals surface area contributed by atoms with Gasteiger partial charge in [-0.1, -0.05) is 164 Å². The van der Waals surface area contributed by atoms with Crippen LogP contribution in [0.5, 0.6) is 0 Å². The molecule has 1 nitrogen and oxygen atoms in total. The highest BCUT2D eigenvalue weighted by atomic mass is 32.1. The Balaban J connectivity index is 1.13. The maximum Gasteiger partial charge on any atom is 0.135 e. The van der Waals surface area contributed by atoms with Gasteiger partial charge in [0.2, 0.25) is 0 Å². The van der Waals surface area contributed by atoms with E-state index in [0.29, 0.717) is 0 Å². The van der Waals surface area contributed by atoms with Gasteiger partial charge in [0.1, 0.15) is 11.2 Å². The number of rotatable bonds is 4. The first-order valence-corrected chi connectivity index (χ1v) is 22.1. The van der Waals surface area contributed by atoms with Crippen molar-refractivity contribution in [2.75, 3.05) is 0 Å². The number of hydrogen-bond donors (Lipinski definition) is 0. The first-order chi connectivity index (χ1) is 30.7. The van der Waals surface area contributed by atoms with Crippen LogP contribution in [0.15, 0.2) is 211 Å². The van der Waals surface area contributed by atoms with Gasteiger partial charge in [0.05, 0.1) is 0 Å². The quantitative estimate of drug-likeness (QED) is 0.128. The van der Waals surface area contributed by atoms with Crippen LogP contribution < -0.4 is 0 Å². The fourth-order valence-electron chi connectivity index (χ4n) is 10.7. The van der Waals surface area contributed by atoms with Crippen molar-refractivity contribution >= 4 is 107 Å². The zero-order valence-electron chi connectivity index (χ0n) is 33.4. The molecular formula is C60H34OS. The van der Waals surface area contributed by atoms with E-state index in [1.54, 1.807) is 0 Å². The fraction of sp³-hybridized carbons (Fsp3) is 0. The summed E-state index contributed by atoms with van der Waals surface area (Å²) >= 11 is 1.87. The Bertz CT molecular complexity index is 3970. The summed E-state index contributed by atoms with van der Waals surface area (Å²) in [6.07, 6.45) is 0. The van der Waals surface area contributed by atoms with Crippen LogP contribution in [-0.2, 0) is 0 Å². The minimum absolute atomic E-state index is 0.899. The first-order valence-electron chi connectivity index (χ1n) is 21.3. The Morgan fingerprint density at radius 3 is 1.56 bits per heavy atom. The van der Waals surface area contributed by atoms with Gasteiger partial charge in [0.15, 0.2) is 0 Å². The summed E-state index contributed by atoms with van der Waals surface area (Å²) in [5.74, 6) is 0. The molecule has 0 fully saturated rings. The van der Waals surface area contributed by atoms with Gasteiger partial charge in [-0.15, -0.1) is 11.3 Å². The number of para-hydroxylation sites is 1. The van der Waals surface area contributed by atoms with Crippen molar-refractivity contribution in [2.24, 2.45) is 0 Å². The van der Waals surface area contributed by atoms with Crippen LogP contribution in [0.1, 0.15) is 0 Å². The van der Waals surface area contributed by atoms with Crippen molar-refractivity contribution < 1.29 is 4.42 Å². The molecule has 14 rings (SSSR count). The summed E-state index contributed by atoms with van der Waals surface area (Å²) < 4.78 is 8.98. The van der Waals surface area contributed by atoms with Crippen LogP contribution in [0.4, 0.5) is 0 Å². The van der Waals surface area contributed by atoms with Crippen LogP contribution in [0, 0.1) is 0 Å². The third-order valence-corrected chi connectivity index (χ3v) is 14.6. The average molecular weight is 803 g/mol. The third kappa shape index (κ3) is 4.78. The molecule has 2 aromatic heterocycles. The van der Waals surface area contributed by atoms with E-state index in [1.807, 2.05) is 17.4 Å². The Morgan fingerprint density at radius 1 is 0.274 bits per heavy atom. The van der Waals surface area contributed by atoms with Crippen LogP contribution in [-0.4, -0.2) is 0 Å². The minimum Gasteiger partial charge on any atom is -0.456 e. The SMILES string of the molecule is c1cc(-c2ccc3oc4ccccc4c3c2)c(-c2c3ccccc3c(-c3cc4cccc5ccc6cccc3c6c54)c3ccccc23)c(-c2ccc3sc4ccccc4c3c2)c1. The minimum atomic E-state index is 0.899. The molecule has 286 valence electrons. The lowest BCUT2D eigenvalue weighted by molar-refractivity contribution is 0.669. The summed E-state index contributed by atoms with van der Waals surface area (Å²) in [4.78, 5) is 0. The summed E-state index contributed by atoms with van der Waals surface area (Å²) in [7, 11) is 0. The van der Waals surface area contributed by atoms with Gasteiger partial charge in [0, 0.05) is 30.9 Å². The van der Waals surface area contributed by atoms with Crippen LogP contribution in [0.25, 0.3) is 140 Å². The molecule has 0 radical (unpaired) electrons. The Kier molecular flexibility index (Phi) is 7.05. The van der Waals surface area contributed by atoms with Crippen molar-refractivity contribution in [2.45, 2.75) is 0 Å². The molecule has 0 aliphatic rings. The Hall–Kier alpha value is -7.78. The number of thiophene rings is 1. The topological polar surface area (TPSA) is 13.1 Å². The normalized spacial score (nSPS) is 12.2. The molecule has 0 N–H and O–H groups in total. The molecule has 0 saturated heterocycles. The molecule has 0 bridgehead atoms. The van der Waals surface area contributed by atoms with Crippen LogP contribution in [0.3, 0.4) is 0 Å². The molecule has 0 spiro atoms. The summed E-state index contributed by atoms with van der Waals surface area (Å²) in [5.41, 5.74) is 11.6. The summed E-state index contributed by atoms with van der Waals surface area (Å²) in [6, 6.07) is 76.7. The molecule has 2 heterocycles. The molecular weight excluding hydrogens is 769 g/mol. The highest BCUT2D eigenvalue weighted by Crippen LogP contribution is 2.52. The predicted octanol–water partition coefficient (Wildman–Crippen LogP) is 17.8. The van der Waals surface area contributed by atoms with Crippen LogP contribution >= 0.6 is 11.3 Å². The monoisotopic (exact) mass is 802 g/mol. The molecule has 14 aromatic rings. The summed E-state index contributed by atoms with van der Waals surface area (Å²) in [5, 5.41) is 17.6. The van der Waals surface area contributed by atoms with E-state index in [2.05, 4.69) is 200 Å². The average Bonchev–Trinajstić information content (AvgIpc) is 3.90. The number of furan rings is 1. The number of fused-ring (bicyclic) bond motifs is 8.